The molecule has 0 aliphatic carbocycles. The van der Waals surface area contributed by atoms with Gasteiger partial charge in [0.1, 0.15) is 0 Å². The van der Waals surface area contributed by atoms with Crippen LogP contribution in [-0.2, 0) is 0 Å². The van der Waals surface area contributed by atoms with E-state index >= 15 is 0 Å². The topological polar surface area (TPSA) is 6.48 Å². The molecule has 1 fully saturated rings. The monoisotopic (exact) mass is 212 g/mol. The fourth-order valence-electron chi connectivity index (χ4n) is 2.36. The van der Waals surface area contributed by atoms with E-state index in [9.17, 15) is 0 Å². The van der Waals surface area contributed by atoms with Gasteiger partial charge in [-0.3, -0.25) is 0 Å². The third kappa shape index (κ3) is 4.52. The normalized spacial score (nSPS) is 24.0. The molecule has 1 saturated heterocycles. The summed E-state index contributed by atoms with van der Waals surface area (Å²) in [5.41, 5.74) is 0. The van der Waals surface area contributed by atoms with E-state index in [1.807, 2.05) is 0 Å². The van der Waals surface area contributed by atoms with E-state index in [1.165, 1.54) is 45.6 Å². The summed E-state index contributed by atoms with van der Waals surface area (Å²) < 4.78 is 0. The minimum Gasteiger partial charge on any atom is -0.304 e. The average Bonchev–Trinajstić information content (AvgIpc) is 2.22. The molecule has 1 aliphatic rings. The lowest BCUT2D eigenvalue weighted by molar-refractivity contribution is 0.125. The largest absolute Gasteiger partial charge is 0.304 e. The van der Waals surface area contributed by atoms with Crippen molar-refractivity contribution < 1.29 is 0 Å². The zero-order chi connectivity index (χ0) is 11.3. The molecule has 90 valence electrons. The molecule has 2 unspecified atom stereocenters. The van der Waals surface area contributed by atoms with Crippen LogP contribution in [0, 0.1) is 11.8 Å². The Bertz CT molecular complexity index is 162. The number of hydrogen-bond acceptors (Lipinski definition) is 2. The summed E-state index contributed by atoms with van der Waals surface area (Å²) in [7, 11) is 2.22. The summed E-state index contributed by atoms with van der Waals surface area (Å²) in [6.07, 6.45) is 2.71. The van der Waals surface area contributed by atoms with E-state index in [0.717, 1.165) is 11.8 Å². The molecule has 15 heavy (non-hydrogen) atoms. The van der Waals surface area contributed by atoms with Gasteiger partial charge in [0.15, 0.2) is 0 Å². The highest BCUT2D eigenvalue weighted by atomic mass is 15.2. The first-order chi connectivity index (χ1) is 7.13. The molecule has 0 aromatic rings. The number of rotatable bonds is 5. The van der Waals surface area contributed by atoms with Crippen LogP contribution in [0.1, 0.15) is 33.6 Å². The van der Waals surface area contributed by atoms with E-state index in [2.05, 4.69) is 37.6 Å². The standard InChI is InChI=1S/C13H28N2/c1-5-6-12(2)13(3)11-15-9-7-14(4)8-10-15/h12-13H,5-11H2,1-4H3. The van der Waals surface area contributed by atoms with E-state index in [0.29, 0.717) is 0 Å². The summed E-state index contributed by atoms with van der Waals surface area (Å²) >= 11 is 0. The van der Waals surface area contributed by atoms with Crippen molar-refractivity contribution in [3.8, 4) is 0 Å². The molecule has 0 bridgehead atoms. The van der Waals surface area contributed by atoms with Gasteiger partial charge < -0.3 is 9.80 Å². The predicted molar refractivity (Wildman–Crippen MR) is 67.2 cm³/mol. The second-order valence-corrected chi connectivity index (χ2v) is 5.35. The van der Waals surface area contributed by atoms with Crippen LogP contribution in [0.5, 0.6) is 0 Å². The smallest absolute Gasteiger partial charge is 0.0110 e. The predicted octanol–water partition coefficient (Wildman–Crippen LogP) is 2.31. The molecule has 2 nitrogen and oxygen atoms in total. The van der Waals surface area contributed by atoms with Crippen molar-refractivity contribution in [2.45, 2.75) is 33.6 Å². The van der Waals surface area contributed by atoms with Crippen molar-refractivity contribution in [1.29, 1.82) is 0 Å². The third-order valence-electron chi connectivity index (χ3n) is 3.86. The summed E-state index contributed by atoms with van der Waals surface area (Å²) in [5.74, 6) is 1.74. The average molecular weight is 212 g/mol. The lowest BCUT2D eigenvalue weighted by Crippen LogP contribution is -2.46. The van der Waals surface area contributed by atoms with Crippen LogP contribution in [0.4, 0.5) is 0 Å². The Morgan fingerprint density at radius 1 is 1.00 bits per heavy atom. The highest BCUT2D eigenvalue weighted by molar-refractivity contribution is 4.73. The van der Waals surface area contributed by atoms with Crippen LogP contribution < -0.4 is 0 Å². The van der Waals surface area contributed by atoms with E-state index < -0.39 is 0 Å². The number of nitrogens with zero attached hydrogens (tertiary/aromatic N) is 2. The first kappa shape index (κ1) is 13.0. The fraction of sp³-hybridized carbons (Fsp3) is 1.00. The zero-order valence-electron chi connectivity index (χ0n) is 11.0. The summed E-state index contributed by atoms with van der Waals surface area (Å²) in [6, 6.07) is 0. The highest BCUT2D eigenvalue weighted by Crippen LogP contribution is 2.18. The van der Waals surface area contributed by atoms with E-state index in [-0.39, 0.29) is 0 Å². The Balaban J connectivity index is 2.22. The molecule has 2 atom stereocenters. The maximum atomic E-state index is 2.64. The van der Waals surface area contributed by atoms with Crippen molar-refractivity contribution in [2.75, 3.05) is 39.8 Å². The molecule has 1 rings (SSSR count). The van der Waals surface area contributed by atoms with Crippen molar-refractivity contribution >= 4 is 0 Å². The number of hydrogen-bond donors (Lipinski definition) is 0. The summed E-state index contributed by atoms with van der Waals surface area (Å²) in [6.45, 7) is 13.4. The van der Waals surface area contributed by atoms with Gasteiger partial charge in [-0.15, -0.1) is 0 Å². The van der Waals surface area contributed by atoms with Crippen LogP contribution in [0.3, 0.4) is 0 Å². The second kappa shape index (κ2) is 6.49. The van der Waals surface area contributed by atoms with Crippen molar-refractivity contribution in [3.63, 3.8) is 0 Å². The lowest BCUT2D eigenvalue weighted by atomic mass is 9.91. The Morgan fingerprint density at radius 3 is 2.13 bits per heavy atom. The number of likely N-dealkylation sites (N-methyl/N-ethyl adjacent to an activating group) is 1. The van der Waals surface area contributed by atoms with Crippen molar-refractivity contribution in [3.05, 3.63) is 0 Å². The van der Waals surface area contributed by atoms with Gasteiger partial charge >= 0.3 is 0 Å². The Kier molecular flexibility index (Phi) is 5.62. The van der Waals surface area contributed by atoms with Crippen LogP contribution in [-0.4, -0.2) is 49.6 Å². The first-order valence-electron chi connectivity index (χ1n) is 6.54. The Hall–Kier alpha value is -0.0800. The number of piperazine rings is 1. The molecule has 0 aromatic carbocycles. The van der Waals surface area contributed by atoms with E-state index in [1.54, 1.807) is 0 Å². The molecule has 0 aromatic heterocycles. The van der Waals surface area contributed by atoms with Gasteiger partial charge in [-0.25, -0.2) is 0 Å². The SMILES string of the molecule is CCCC(C)C(C)CN1CCN(C)CC1. The van der Waals surface area contributed by atoms with Gasteiger partial charge in [0.05, 0.1) is 0 Å². The van der Waals surface area contributed by atoms with Gasteiger partial charge in [-0.1, -0.05) is 33.6 Å². The zero-order valence-corrected chi connectivity index (χ0v) is 11.0. The Labute approximate surface area is 95.6 Å². The lowest BCUT2D eigenvalue weighted by Gasteiger charge is -2.35. The molecular weight excluding hydrogens is 184 g/mol. The molecule has 0 radical (unpaired) electrons. The van der Waals surface area contributed by atoms with Crippen LogP contribution in [0.15, 0.2) is 0 Å². The molecule has 1 aliphatic heterocycles. The highest BCUT2D eigenvalue weighted by Gasteiger charge is 2.18. The summed E-state index contributed by atoms with van der Waals surface area (Å²) in [4.78, 5) is 5.06. The fourth-order valence-corrected chi connectivity index (χ4v) is 2.36. The molecule has 2 heteroatoms. The van der Waals surface area contributed by atoms with Crippen LogP contribution in [0.25, 0.3) is 0 Å². The maximum Gasteiger partial charge on any atom is 0.0110 e. The molecule has 0 N–H and O–H groups in total. The molecule has 1 heterocycles. The minimum absolute atomic E-state index is 0.855. The van der Waals surface area contributed by atoms with E-state index in [4.69, 9.17) is 0 Å². The quantitative estimate of drug-likeness (QED) is 0.690. The van der Waals surface area contributed by atoms with Gasteiger partial charge in [0.2, 0.25) is 0 Å². The van der Waals surface area contributed by atoms with Crippen molar-refractivity contribution in [1.82, 2.24) is 9.80 Å². The van der Waals surface area contributed by atoms with Crippen LogP contribution >= 0.6 is 0 Å². The van der Waals surface area contributed by atoms with Gasteiger partial charge in [0.25, 0.3) is 0 Å². The molecule has 0 spiro atoms. The van der Waals surface area contributed by atoms with Crippen molar-refractivity contribution in [2.24, 2.45) is 11.8 Å². The van der Waals surface area contributed by atoms with Crippen LogP contribution in [0.2, 0.25) is 0 Å². The third-order valence-corrected chi connectivity index (χ3v) is 3.86. The molecule has 0 amide bonds. The minimum atomic E-state index is 0.855. The maximum absolute atomic E-state index is 2.64. The van der Waals surface area contributed by atoms with Gasteiger partial charge in [0, 0.05) is 32.7 Å². The molecular formula is C13H28N2. The molecule has 0 saturated carbocycles. The van der Waals surface area contributed by atoms with Gasteiger partial charge in [-0.05, 0) is 18.9 Å². The second-order valence-electron chi connectivity index (χ2n) is 5.35. The summed E-state index contributed by atoms with van der Waals surface area (Å²) in [5, 5.41) is 0. The van der Waals surface area contributed by atoms with Gasteiger partial charge in [-0.2, -0.15) is 0 Å². The Morgan fingerprint density at radius 2 is 1.60 bits per heavy atom. The first-order valence-corrected chi connectivity index (χ1v) is 6.54.